The number of carbonyl (C=O) groups is 1. The van der Waals surface area contributed by atoms with Gasteiger partial charge >= 0.3 is 0 Å². The summed E-state index contributed by atoms with van der Waals surface area (Å²) in [6.07, 6.45) is 3.43. The van der Waals surface area contributed by atoms with Gasteiger partial charge < -0.3 is 16.4 Å². The van der Waals surface area contributed by atoms with Gasteiger partial charge in [0.05, 0.1) is 6.07 Å². The fourth-order valence-electron chi connectivity index (χ4n) is 2.19. The largest absolute Gasteiger partial charge is 0.370 e. The molecule has 0 spiro atoms. The number of fused-ring (bicyclic) bond motifs is 1. The fraction of sp³-hybridized carbons (Fsp3) is 0.357. The number of nitrogens with one attached hydrogen (secondary N) is 2. The Labute approximate surface area is 117 Å². The lowest BCUT2D eigenvalue weighted by atomic mass is 10.1. The first-order valence-electron chi connectivity index (χ1n) is 6.51. The molecule has 1 aliphatic rings. The minimum absolute atomic E-state index is 0.0213. The molecule has 4 N–H and O–H groups in total. The van der Waals surface area contributed by atoms with E-state index in [9.17, 15) is 4.79 Å². The third kappa shape index (κ3) is 3.72. The van der Waals surface area contributed by atoms with Gasteiger partial charge in [0.25, 0.3) is 0 Å². The van der Waals surface area contributed by atoms with E-state index in [0.717, 1.165) is 18.5 Å². The quantitative estimate of drug-likeness (QED) is 0.422. The highest BCUT2D eigenvalue weighted by Crippen LogP contribution is 2.24. The number of rotatable bonds is 4. The zero-order valence-corrected chi connectivity index (χ0v) is 11.1. The highest BCUT2D eigenvalue weighted by atomic mass is 16.1. The summed E-state index contributed by atoms with van der Waals surface area (Å²) in [6, 6.07) is 7.95. The van der Waals surface area contributed by atoms with E-state index in [1.54, 1.807) is 0 Å². The number of amides is 1. The molecule has 0 radical (unpaired) electrons. The van der Waals surface area contributed by atoms with Crippen molar-refractivity contribution in [1.29, 1.82) is 5.26 Å². The average molecular weight is 271 g/mol. The molecule has 0 aromatic heterocycles. The number of nitriles is 1. The van der Waals surface area contributed by atoms with Crippen LogP contribution >= 0.6 is 0 Å². The second-order valence-corrected chi connectivity index (χ2v) is 4.60. The van der Waals surface area contributed by atoms with E-state index in [2.05, 4.69) is 27.8 Å². The molecule has 2 rings (SSSR count). The number of aryl methyl sites for hydroxylation is 2. The number of anilines is 1. The lowest BCUT2D eigenvalue weighted by Gasteiger charge is -2.07. The molecule has 1 aromatic rings. The van der Waals surface area contributed by atoms with Gasteiger partial charge in [-0.15, -0.1) is 0 Å². The van der Waals surface area contributed by atoms with Gasteiger partial charge in [0.15, 0.2) is 5.96 Å². The molecule has 104 valence electrons. The van der Waals surface area contributed by atoms with Crippen LogP contribution in [0.25, 0.3) is 0 Å². The number of aliphatic imine (C=N–C) groups is 1. The molecule has 0 heterocycles. The summed E-state index contributed by atoms with van der Waals surface area (Å²) in [5, 5.41) is 13.7. The van der Waals surface area contributed by atoms with E-state index in [4.69, 9.17) is 11.0 Å². The molecule has 6 heteroatoms. The third-order valence-electron chi connectivity index (χ3n) is 3.13. The van der Waals surface area contributed by atoms with Crippen molar-refractivity contribution in [1.82, 2.24) is 5.32 Å². The maximum absolute atomic E-state index is 11.3. The van der Waals surface area contributed by atoms with Crippen LogP contribution in [0.1, 0.15) is 17.5 Å². The van der Waals surface area contributed by atoms with Crippen molar-refractivity contribution in [3.63, 3.8) is 0 Å². The van der Waals surface area contributed by atoms with Gasteiger partial charge in [0.2, 0.25) is 5.91 Å². The lowest BCUT2D eigenvalue weighted by molar-refractivity contribution is -0.119. The number of nitrogens with zero attached hydrogens (tertiary/aromatic N) is 2. The van der Waals surface area contributed by atoms with Crippen LogP contribution in [-0.2, 0) is 17.6 Å². The van der Waals surface area contributed by atoms with E-state index in [1.807, 2.05) is 12.1 Å². The number of carbonyl (C=O) groups excluding carboxylic acids is 1. The predicted molar refractivity (Wildman–Crippen MR) is 77.2 cm³/mol. The SMILES string of the molecule is N#CCNC(=O)CN=C(N)Nc1ccc2c(c1)CCC2. The van der Waals surface area contributed by atoms with Crippen molar-refractivity contribution in [2.24, 2.45) is 10.7 Å². The van der Waals surface area contributed by atoms with Crippen molar-refractivity contribution in [2.75, 3.05) is 18.4 Å². The number of hydrogen-bond acceptors (Lipinski definition) is 3. The van der Waals surface area contributed by atoms with Crippen LogP contribution in [-0.4, -0.2) is 25.0 Å². The highest BCUT2D eigenvalue weighted by Gasteiger charge is 2.10. The fourth-order valence-corrected chi connectivity index (χ4v) is 2.19. The minimum atomic E-state index is -0.328. The number of hydrogen-bond donors (Lipinski definition) is 3. The van der Waals surface area contributed by atoms with Crippen LogP contribution in [0.3, 0.4) is 0 Å². The Balaban J connectivity index is 1.89. The zero-order chi connectivity index (χ0) is 14.4. The summed E-state index contributed by atoms with van der Waals surface area (Å²) in [4.78, 5) is 15.2. The molecule has 1 aromatic carbocycles. The monoisotopic (exact) mass is 271 g/mol. The summed E-state index contributed by atoms with van der Waals surface area (Å²) in [5.41, 5.74) is 9.33. The molecular formula is C14H17N5O. The molecule has 0 atom stereocenters. The molecule has 0 saturated heterocycles. The van der Waals surface area contributed by atoms with E-state index in [0.29, 0.717) is 0 Å². The first kappa shape index (κ1) is 13.9. The number of guanidine groups is 1. The second-order valence-electron chi connectivity index (χ2n) is 4.60. The van der Waals surface area contributed by atoms with E-state index in [1.165, 1.54) is 17.5 Å². The summed E-state index contributed by atoms with van der Waals surface area (Å²) in [5.74, 6) is -0.139. The van der Waals surface area contributed by atoms with E-state index in [-0.39, 0.29) is 25.0 Å². The first-order chi connectivity index (χ1) is 9.69. The lowest BCUT2D eigenvalue weighted by Crippen LogP contribution is -2.29. The van der Waals surface area contributed by atoms with E-state index >= 15 is 0 Å². The third-order valence-corrected chi connectivity index (χ3v) is 3.13. The molecule has 20 heavy (non-hydrogen) atoms. The smallest absolute Gasteiger partial charge is 0.242 e. The Hall–Kier alpha value is -2.55. The molecular weight excluding hydrogens is 254 g/mol. The normalized spacial score (nSPS) is 13.4. The molecule has 0 fully saturated rings. The number of benzene rings is 1. The second kappa shape index (κ2) is 6.57. The van der Waals surface area contributed by atoms with Crippen LogP contribution in [0.2, 0.25) is 0 Å². The maximum atomic E-state index is 11.3. The van der Waals surface area contributed by atoms with Crippen LogP contribution in [0.15, 0.2) is 23.2 Å². The first-order valence-corrected chi connectivity index (χ1v) is 6.51. The van der Waals surface area contributed by atoms with Crippen molar-refractivity contribution in [2.45, 2.75) is 19.3 Å². The van der Waals surface area contributed by atoms with Crippen molar-refractivity contribution in [3.05, 3.63) is 29.3 Å². The molecule has 1 amide bonds. The number of nitrogens with two attached hydrogens (primary N) is 1. The standard InChI is InChI=1S/C14H17N5O/c15-6-7-17-13(20)9-18-14(16)19-12-5-4-10-2-1-3-11(10)8-12/h4-5,8H,1-3,7,9H2,(H,17,20)(H3,16,18,19). The van der Waals surface area contributed by atoms with Crippen LogP contribution in [0, 0.1) is 11.3 Å². The zero-order valence-electron chi connectivity index (χ0n) is 11.1. The Bertz CT molecular complexity index is 573. The van der Waals surface area contributed by atoms with Crippen LogP contribution in [0.4, 0.5) is 5.69 Å². The van der Waals surface area contributed by atoms with Gasteiger partial charge in [-0.3, -0.25) is 4.79 Å². The molecule has 0 aliphatic heterocycles. The summed E-state index contributed by atoms with van der Waals surface area (Å²) < 4.78 is 0. The van der Waals surface area contributed by atoms with Crippen molar-refractivity contribution >= 4 is 17.6 Å². The van der Waals surface area contributed by atoms with Gasteiger partial charge in [-0.05, 0) is 42.5 Å². The van der Waals surface area contributed by atoms with E-state index < -0.39 is 0 Å². The van der Waals surface area contributed by atoms with Gasteiger partial charge in [0.1, 0.15) is 13.1 Å². The maximum Gasteiger partial charge on any atom is 0.242 e. The Morgan fingerprint density at radius 3 is 3.00 bits per heavy atom. The predicted octanol–water partition coefficient (Wildman–Crippen LogP) is 0.542. The highest BCUT2D eigenvalue weighted by molar-refractivity contribution is 5.94. The molecule has 1 aliphatic carbocycles. The summed E-state index contributed by atoms with van der Waals surface area (Å²) in [7, 11) is 0. The Morgan fingerprint density at radius 1 is 1.40 bits per heavy atom. The Kier molecular flexibility index (Phi) is 4.56. The minimum Gasteiger partial charge on any atom is -0.370 e. The van der Waals surface area contributed by atoms with Gasteiger partial charge in [-0.2, -0.15) is 5.26 Å². The van der Waals surface area contributed by atoms with Gasteiger partial charge in [0, 0.05) is 5.69 Å². The van der Waals surface area contributed by atoms with Crippen molar-refractivity contribution < 1.29 is 4.79 Å². The van der Waals surface area contributed by atoms with Crippen LogP contribution in [0.5, 0.6) is 0 Å². The topological polar surface area (TPSA) is 103 Å². The molecule has 0 unspecified atom stereocenters. The Morgan fingerprint density at radius 2 is 2.20 bits per heavy atom. The molecule has 0 saturated carbocycles. The molecule has 6 nitrogen and oxygen atoms in total. The molecule has 0 bridgehead atoms. The summed E-state index contributed by atoms with van der Waals surface area (Å²) in [6.45, 7) is -0.113. The summed E-state index contributed by atoms with van der Waals surface area (Å²) >= 11 is 0. The van der Waals surface area contributed by atoms with Gasteiger partial charge in [-0.1, -0.05) is 6.07 Å². The van der Waals surface area contributed by atoms with Crippen molar-refractivity contribution in [3.8, 4) is 6.07 Å². The average Bonchev–Trinajstić information content (AvgIpc) is 2.90. The van der Waals surface area contributed by atoms with Gasteiger partial charge in [-0.25, -0.2) is 4.99 Å². The van der Waals surface area contributed by atoms with Crippen LogP contribution < -0.4 is 16.4 Å².